The molecule has 92 valence electrons. The summed E-state index contributed by atoms with van der Waals surface area (Å²) < 4.78 is 0.981. The molecule has 1 heterocycles. The van der Waals surface area contributed by atoms with Crippen LogP contribution in [0.5, 0.6) is 0 Å². The van der Waals surface area contributed by atoms with Crippen LogP contribution in [-0.2, 0) is 0 Å². The molecule has 2 N–H and O–H groups in total. The van der Waals surface area contributed by atoms with Crippen LogP contribution in [0.15, 0.2) is 35.1 Å². The van der Waals surface area contributed by atoms with Crippen LogP contribution in [0.1, 0.15) is 15.9 Å². The maximum Gasteiger partial charge on any atom is 0.338 e. The van der Waals surface area contributed by atoms with Crippen LogP contribution in [0.3, 0.4) is 0 Å². The lowest BCUT2D eigenvalue weighted by Gasteiger charge is -2.06. The second kappa shape index (κ2) is 5.14. The van der Waals surface area contributed by atoms with Gasteiger partial charge in [-0.1, -0.05) is 22.0 Å². The maximum absolute atomic E-state index is 10.6. The van der Waals surface area contributed by atoms with Gasteiger partial charge in [-0.05, 0) is 24.6 Å². The quantitative estimate of drug-likeness (QED) is 0.911. The fourth-order valence-electron chi connectivity index (χ4n) is 1.30. The van der Waals surface area contributed by atoms with E-state index in [4.69, 9.17) is 5.11 Å². The normalized spacial score (nSPS) is 10.1. The summed E-state index contributed by atoms with van der Waals surface area (Å²) in [6.07, 6.45) is 2.53. The van der Waals surface area contributed by atoms with Gasteiger partial charge < -0.3 is 10.4 Å². The smallest absolute Gasteiger partial charge is 0.338 e. The zero-order valence-corrected chi connectivity index (χ0v) is 11.1. The first kappa shape index (κ1) is 12.5. The molecule has 0 bridgehead atoms. The molecule has 0 aliphatic carbocycles. The van der Waals surface area contributed by atoms with E-state index in [1.54, 1.807) is 0 Å². The Balaban J connectivity index is 2.18. The fourth-order valence-corrected chi connectivity index (χ4v) is 1.68. The maximum atomic E-state index is 10.6. The lowest BCUT2D eigenvalue weighted by molar-refractivity contribution is 0.0696. The highest BCUT2D eigenvalue weighted by Crippen LogP contribution is 2.22. The van der Waals surface area contributed by atoms with E-state index in [1.807, 2.05) is 25.1 Å². The van der Waals surface area contributed by atoms with Crippen molar-refractivity contribution >= 4 is 33.5 Å². The number of carboxylic acids is 1. The summed E-state index contributed by atoms with van der Waals surface area (Å²) in [6.45, 7) is 1.99. The van der Waals surface area contributed by atoms with Crippen LogP contribution in [-0.4, -0.2) is 21.0 Å². The number of aromatic carboxylic acids is 1. The Bertz CT molecular complexity index is 584. The van der Waals surface area contributed by atoms with Crippen molar-refractivity contribution in [3.8, 4) is 0 Å². The predicted octanol–water partition coefficient (Wildman–Crippen LogP) is 2.99. The summed E-state index contributed by atoms with van der Waals surface area (Å²) in [4.78, 5) is 18.5. The van der Waals surface area contributed by atoms with Crippen LogP contribution in [0.2, 0.25) is 0 Å². The molecular formula is C12H10BrN3O2. The number of anilines is 2. The highest BCUT2D eigenvalue weighted by Gasteiger charge is 2.04. The number of benzene rings is 1. The number of nitrogens with one attached hydrogen (secondary N) is 1. The third kappa shape index (κ3) is 2.84. The molecule has 0 radical (unpaired) electrons. The molecule has 0 saturated carbocycles. The van der Waals surface area contributed by atoms with Gasteiger partial charge in [-0.25, -0.2) is 14.8 Å². The number of rotatable bonds is 3. The molecule has 0 fully saturated rings. The molecule has 2 rings (SSSR count). The summed E-state index contributed by atoms with van der Waals surface area (Å²) in [6, 6.07) is 5.76. The summed E-state index contributed by atoms with van der Waals surface area (Å²) in [5.41, 5.74) is 2.02. The van der Waals surface area contributed by atoms with Crippen molar-refractivity contribution in [2.45, 2.75) is 6.92 Å². The second-order valence-corrected chi connectivity index (χ2v) is 4.54. The van der Waals surface area contributed by atoms with E-state index in [9.17, 15) is 4.79 Å². The Morgan fingerprint density at radius 2 is 2.00 bits per heavy atom. The first-order valence-electron chi connectivity index (χ1n) is 5.15. The second-order valence-electron chi connectivity index (χ2n) is 3.69. The van der Waals surface area contributed by atoms with Gasteiger partial charge in [0.1, 0.15) is 0 Å². The highest BCUT2D eigenvalue weighted by atomic mass is 79.9. The molecule has 0 amide bonds. The number of aryl methyl sites for hydroxylation is 1. The summed E-state index contributed by atoms with van der Waals surface area (Å²) in [7, 11) is 0. The van der Waals surface area contributed by atoms with Gasteiger partial charge in [-0.2, -0.15) is 0 Å². The summed E-state index contributed by atoms with van der Waals surface area (Å²) in [5, 5.41) is 11.7. The van der Waals surface area contributed by atoms with Crippen LogP contribution in [0, 0.1) is 6.92 Å². The first-order valence-corrected chi connectivity index (χ1v) is 5.94. The minimum Gasteiger partial charge on any atom is -0.478 e. The van der Waals surface area contributed by atoms with Crippen molar-refractivity contribution in [1.82, 2.24) is 9.97 Å². The van der Waals surface area contributed by atoms with E-state index in [0.29, 0.717) is 5.95 Å². The molecule has 0 saturated heterocycles. The number of carbonyl (C=O) groups is 1. The first-order chi connectivity index (χ1) is 8.56. The van der Waals surface area contributed by atoms with E-state index in [1.165, 1.54) is 12.4 Å². The van der Waals surface area contributed by atoms with Crippen LogP contribution in [0.25, 0.3) is 0 Å². The number of halogens is 1. The van der Waals surface area contributed by atoms with Gasteiger partial charge in [0.15, 0.2) is 0 Å². The molecule has 6 heteroatoms. The van der Waals surface area contributed by atoms with E-state index >= 15 is 0 Å². The Morgan fingerprint density at radius 1 is 1.33 bits per heavy atom. The average Bonchev–Trinajstić information content (AvgIpc) is 2.34. The monoisotopic (exact) mass is 307 g/mol. The SMILES string of the molecule is Cc1ccc(Nc2ncc(C(=O)O)cn2)cc1Br. The number of nitrogens with zero attached hydrogens (tertiary/aromatic N) is 2. The van der Waals surface area contributed by atoms with Crippen molar-refractivity contribution in [1.29, 1.82) is 0 Å². The van der Waals surface area contributed by atoms with Gasteiger partial charge in [0.2, 0.25) is 5.95 Å². The minimum absolute atomic E-state index is 0.0608. The molecular weight excluding hydrogens is 298 g/mol. The highest BCUT2D eigenvalue weighted by molar-refractivity contribution is 9.10. The third-order valence-corrected chi connectivity index (χ3v) is 3.18. The summed E-state index contributed by atoms with van der Waals surface area (Å²) in [5.74, 6) is -0.685. The molecule has 0 aliphatic heterocycles. The number of hydrogen-bond acceptors (Lipinski definition) is 4. The minimum atomic E-state index is -1.04. The van der Waals surface area contributed by atoms with Crippen LogP contribution in [0.4, 0.5) is 11.6 Å². The fraction of sp³-hybridized carbons (Fsp3) is 0.0833. The molecule has 1 aromatic carbocycles. The van der Waals surface area contributed by atoms with Crippen molar-refractivity contribution in [3.05, 3.63) is 46.2 Å². The van der Waals surface area contributed by atoms with E-state index in [-0.39, 0.29) is 5.56 Å². The molecule has 0 atom stereocenters. The third-order valence-electron chi connectivity index (χ3n) is 2.33. The molecule has 0 unspecified atom stereocenters. The molecule has 2 aromatic rings. The number of aromatic nitrogens is 2. The zero-order chi connectivity index (χ0) is 13.1. The molecule has 18 heavy (non-hydrogen) atoms. The average molecular weight is 308 g/mol. The Labute approximate surface area is 112 Å². The van der Waals surface area contributed by atoms with Crippen molar-refractivity contribution in [2.24, 2.45) is 0 Å². The largest absolute Gasteiger partial charge is 0.478 e. The van der Waals surface area contributed by atoms with Crippen molar-refractivity contribution in [2.75, 3.05) is 5.32 Å². The van der Waals surface area contributed by atoms with E-state index in [2.05, 4.69) is 31.2 Å². The Hall–Kier alpha value is -1.95. The van der Waals surface area contributed by atoms with Crippen molar-refractivity contribution < 1.29 is 9.90 Å². The van der Waals surface area contributed by atoms with Gasteiger partial charge >= 0.3 is 5.97 Å². The predicted molar refractivity (Wildman–Crippen MR) is 71.2 cm³/mol. The molecule has 1 aromatic heterocycles. The molecule has 0 spiro atoms. The van der Waals surface area contributed by atoms with Gasteiger partial charge in [0.05, 0.1) is 5.56 Å². The molecule has 5 nitrogen and oxygen atoms in total. The Kier molecular flexibility index (Phi) is 3.57. The standard InChI is InChI=1S/C12H10BrN3O2/c1-7-2-3-9(4-10(7)13)16-12-14-5-8(6-15-12)11(17)18/h2-6H,1H3,(H,17,18)(H,14,15,16). The number of carboxylic acid groups (broad SMARTS) is 1. The molecule has 0 aliphatic rings. The van der Waals surface area contributed by atoms with Crippen LogP contribution >= 0.6 is 15.9 Å². The lowest BCUT2D eigenvalue weighted by Crippen LogP contribution is -2.02. The van der Waals surface area contributed by atoms with Crippen LogP contribution < -0.4 is 5.32 Å². The lowest BCUT2D eigenvalue weighted by atomic mass is 10.2. The van der Waals surface area contributed by atoms with Gasteiger partial charge in [-0.15, -0.1) is 0 Å². The Morgan fingerprint density at radius 3 is 2.56 bits per heavy atom. The van der Waals surface area contributed by atoms with Crippen molar-refractivity contribution in [3.63, 3.8) is 0 Å². The topological polar surface area (TPSA) is 75.1 Å². The van der Waals surface area contributed by atoms with Gasteiger partial charge in [0.25, 0.3) is 0 Å². The summed E-state index contributed by atoms with van der Waals surface area (Å²) >= 11 is 3.43. The number of hydrogen-bond donors (Lipinski definition) is 2. The van der Waals surface area contributed by atoms with E-state index < -0.39 is 5.97 Å². The van der Waals surface area contributed by atoms with Gasteiger partial charge in [-0.3, -0.25) is 0 Å². The van der Waals surface area contributed by atoms with E-state index in [0.717, 1.165) is 15.7 Å². The van der Waals surface area contributed by atoms with Gasteiger partial charge in [0, 0.05) is 22.6 Å². The zero-order valence-electron chi connectivity index (χ0n) is 9.51.